The van der Waals surface area contributed by atoms with Crippen LogP contribution < -0.4 is 10.6 Å². The van der Waals surface area contributed by atoms with Crippen molar-refractivity contribution in [1.82, 2.24) is 10.6 Å². The van der Waals surface area contributed by atoms with Gasteiger partial charge in [-0.2, -0.15) is 0 Å². The lowest BCUT2D eigenvalue weighted by molar-refractivity contribution is 0.131. The van der Waals surface area contributed by atoms with E-state index in [1.54, 1.807) is 0 Å². The van der Waals surface area contributed by atoms with Crippen LogP contribution in [0.3, 0.4) is 0 Å². The summed E-state index contributed by atoms with van der Waals surface area (Å²) in [5.74, 6) is 0. The van der Waals surface area contributed by atoms with Crippen LogP contribution in [0.5, 0.6) is 0 Å². The molecule has 2 N–H and O–H groups in total. The van der Waals surface area contributed by atoms with Gasteiger partial charge in [0.25, 0.3) is 0 Å². The van der Waals surface area contributed by atoms with Crippen molar-refractivity contribution in [3.05, 3.63) is 0 Å². The lowest BCUT2D eigenvalue weighted by Crippen LogP contribution is -2.32. The topological polar surface area (TPSA) is 33.3 Å². The molecule has 1 aliphatic rings. The second kappa shape index (κ2) is 5.65. The maximum atomic E-state index is 5.31. The van der Waals surface area contributed by atoms with E-state index in [0.29, 0.717) is 0 Å². The lowest BCUT2D eigenvalue weighted by Gasteiger charge is -2.10. The molecule has 1 fully saturated rings. The standard InChI is InChI=1S/C7H16N2O/c1-2-8-3-4-9-5-7-10-6-1/h8-9H,1-7H2. The molecule has 60 valence electrons. The SMILES string of the molecule is C1CNCCNCCOC1. The molecular formula is C7H16N2O. The molecule has 3 heteroatoms. The summed E-state index contributed by atoms with van der Waals surface area (Å²) in [5, 5.41) is 6.58. The molecule has 0 aromatic rings. The van der Waals surface area contributed by atoms with Gasteiger partial charge in [-0.05, 0) is 13.0 Å². The van der Waals surface area contributed by atoms with E-state index >= 15 is 0 Å². The van der Waals surface area contributed by atoms with E-state index in [1.807, 2.05) is 0 Å². The first-order chi connectivity index (χ1) is 5.00. The Bertz CT molecular complexity index is 44.8. The summed E-state index contributed by atoms with van der Waals surface area (Å²) >= 11 is 0. The van der Waals surface area contributed by atoms with Crippen LogP contribution in [0.4, 0.5) is 0 Å². The molecule has 0 aromatic heterocycles. The fourth-order valence-corrected chi connectivity index (χ4v) is 0.972. The summed E-state index contributed by atoms with van der Waals surface area (Å²) in [6.45, 7) is 5.97. The minimum atomic E-state index is 0.861. The van der Waals surface area contributed by atoms with Crippen molar-refractivity contribution in [2.45, 2.75) is 6.42 Å². The van der Waals surface area contributed by atoms with E-state index in [1.165, 1.54) is 0 Å². The van der Waals surface area contributed by atoms with Gasteiger partial charge in [0, 0.05) is 26.2 Å². The lowest BCUT2D eigenvalue weighted by atomic mass is 10.4. The Balaban J connectivity index is 2.00. The van der Waals surface area contributed by atoms with Gasteiger partial charge in [-0.1, -0.05) is 0 Å². The molecule has 0 amide bonds. The zero-order valence-corrected chi connectivity index (χ0v) is 6.36. The van der Waals surface area contributed by atoms with Gasteiger partial charge >= 0.3 is 0 Å². The molecule has 0 atom stereocenters. The van der Waals surface area contributed by atoms with Gasteiger partial charge in [0.2, 0.25) is 0 Å². The summed E-state index contributed by atoms with van der Waals surface area (Å²) < 4.78 is 5.31. The molecular weight excluding hydrogens is 128 g/mol. The quantitative estimate of drug-likeness (QED) is 0.485. The van der Waals surface area contributed by atoms with Crippen molar-refractivity contribution in [1.29, 1.82) is 0 Å². The number of hydrogen-bond donors (Lipinski definition) is 2. The second-order valence-electron chi connectivity index (χ2n) is 2.47. The van der Waals surface area contributed by atoms with Gasteiger partial charge in [0.1, 0.15) is 0 Å². The number of ether oxygens (including phenoxy) is 1. The van der Waals surface area contributed by atoms with Gasteiger partial charge in [-0.25, -0.2) is 0 Å². The Morgan fingerprint density at radius 1 is 0.800 bits per heavy atom. The van der Waals surface area contributed by atoms with Crippen LogP contribution in [0.15, 0.2) is 0 Å². The Morgan fingerprint density at radius 2 is 1.60 bits per heavy atom. The van der Waals surface area contributed by atoms with Crippen LogP contribution in [0, 0.1) is 0 Å². The molecule has 0 unspecified atom stereocenters. The molecule has 0 radical (unpaired) electrons. The molecule has 1 aliphatic heterocycles. The van der Waals surface area contributed by atoms with Crippen molar-refractivity contribution < 1.29 is 4.74 Å². The van der Waals surface area contributed by atoms with Crippen LogP contribution in [0.1, 0.15) is 6.42 Å². The summed E-state index contributed by atoms with van der Waals surface area (Å²) in [6.07, 6.45) is 1.14. The van der Waals surface area contributed by atoms with Gasteiger partial charge < -0.3 is 15.4 Å². The highest BCUT2D eigenvalue weighted by atomic mass is 16.5. The Labute approximate surface area is 62.1 Å². The number of hydrogen-bond acceptors (Lipinski definition) is 3. The molecule has 1 rings (SSSR count). The van der Waals surface area contributed by atoms with Crippen molar-refractivity contribution >= 4 is 0 Å². The first-order valence-corrected chi connectivity index (χ1v) is 3.99. The van der Waals surface area contributed by atoms with Gasteiger partial charge in [0.15, 0.2) is 0 Å². The molecule has 1 saturated heterocycles. The highest BCUT2D eigenvalue weighted by Crippen LogP contribution is 1.81. The highest BCUT2D eigenvalue weighted by molar-refractivity contribution is 4.54. The van der Waals surface area contributed by atoms with Crippen LogP contribution in [-0.2, 0) is 4.74 Å². The molecule has 0 aromatic carbocycles. The fourth-order valence-electron chi connectivity index (χ4n) is 0.972. The highest BCUT2D eigenvalue weighted by Gasteiger charge is 1.93. The monoisotopic (exact) mass is 144 g/mol. The first kappa shape index (κ1) is 7.98. The van der Waals surface area contributed by atoms with Crippen LogP contribution >= 0.6 is 0 Å². The maximum Gasteiger partial charge on any atom is 0.0590 e. The molecule has 10 heavy (non-hydrogen) atoms. The van der Waals surface area contributed by atoms with Crippen LogP contribution in [0.25, 0.3) is 0 Å². The third-order valence-corrected chi connectivity index (χ3v) is 1.54. The predicted molar refractivity (Wildman–Crippen MR) is 41.2 cm³/mol. The van der Waals surface area contributed by atoms with Crippen LogP contribution in [0.2, 0.25) is 0 Å². The number of nitrogens with one attached hydrogen (secondary N) is 2. The summed E-state index contributed by atoms with van der Waals surface area (Å²) in [6, 6.07) is 0. The Kier molecular flexibility index (Phi) is 4.51. The normalized spacial score (nSPS) is 24.0. The van der Waals surface area contributed by atoms with Crippen LogP contribution in [-0.4, -0.2) is 39.4 Å². The third kappa shape index (κ3) is 3.82. The summed E-state index contributed by atoms with van der Waals surface area (Å²) in [5.41, 5.74) is 0. The van der Waals surface area contributed by atoms with E-state index in [2.05, 4.69) is 10.6 Å². The van der Waals surface area contributed by atoms with Crippen molar-refractivity contribution in [3.8, 4) is 0 Å². The fraction of sp³-hybridized carbons (Fsp3) is 1.00. The minimum absolute atomic E-state index is 0.861. The van der Waals surface area contributed by atoms with E-state index < -0.39 is 0 Å². The largest absolute Gasteiger partial charge is 0.380 e. The molecule has 0 bridgehead atoms. The van der Waals surface area contributed by atoms with Crippen molar-refractivity contribution in [3.63, 3.8) is 0 Å². The van der Waals surface area contributed by atoms with Gasteiger partial charge in [-0.3, -0.25) is 0 Å². The zero-order chi connectivity index (χ0) is 7.07. The summed E-state index contributed by atoms with van der Waals surface area (Å²) in [4.78, 5) is 0. The zero-order valence-electron chi connectivity index (χ0n) is 6.36. The first-order valence-electron chi connectivity index (χ1n) is 3.99. The van der Waals surface area contributed by atoms with E-state index in [4.69, 9.17) is 4.74 Å². The molecule has 0 aliphatic carbocycles. The second-order valence-corrected chi connectivity index (χ2v) is 2.47. The van der Waals surface area contributed by atoms with Crippen molar-refractivity contribution in [2.75, 3.05) is 39.4 Å². The average Bonchev–Trinajstić information content (AvgIpc) is 2.01. The molecule has 3 nitrogen and oxygen atoms in total. The van der Waals surface area contributed by atoms with E-state index in [0.717, 1.165) is 45.8 Å². The number of rotatable bonds is 0. The molecule has 0 saturated carbocycles. The van der Waals surface area contributed by atoms with E-state index in [9.17, 15) is 0 Å². The Morgan fingerprint density at radius 3 is 2.50 bits per heavy atom. The van der Waals surface area contributed by atoms with Crippen molar-refractivity contribution in [2.24, 2.45) is 0 Å². The van der Waals surface area contributed by atoms with Gasteiger partial charge in [0.05, 0.1) is 6.61 Å². The molecule has 0 spiro atoms. The smallest absolute Gasteiger partial charge is 0.0590 e. The van der Waals surface area contributed by atoms with E-state index in [-0.39, 0.29) is 0 Å². The van der Waals surface area contributed by atoms with Gasteiger partial charge in [-0.15, -0.1) is 0 Å². The summed E-state index contributed by atoms with van der Waals surface area (Å²) in [7, 11) is 0. The predicted octanol–water partition coefficient (Wildman–Crippen LogP) is -0.414. The Hall–Kier alpha value is -0.120. The maximum absolute atomic E-state index is 5.31. The third-order valence-electron chi connectivity index (χ3n) is 1.54. The average molecular weight is 144 g/mol. The minimum Gasteiger partial charge on any atom is -0.380 e. The molecule has 1 heterocycles.